The first kappa shape index (κ1) is 12.6. The largest absolute Gasteiger partial charge is 0.496 e. The van der Waals surface area contributed by atoms with Crippen molar-refractivity contribution in [3.63, 3.8) is 0 Å². The molecule has 20 heavy (non-hydrogen) atoms. The summed E-state index contributed by atoms with van der Waals surface area (Å²) in [4.78, 5) is 0. The zero-order chi connectivity index (χ0) is 13.8. The number of para-hydroxylation sites is 1. The number of rotatable bonds is 5. The van der Waals surface area contributed by atoms with Crippen LogP contribution < -0.4 is 25.1 Å². The first-order valence-electron chi connectivity index (χ1n) is 6.37. The average Bonchev–Trinajstić information content (AvgIpc) is 2.94. The van der Waals surface area contributed by atoms with E-state index in [0.29, 0.717) is 6.54 Å². The van der Waals surface area contributed by atoms with E-state index in [1.54, 1.807) is 7.11 Å². The molecule has 0 aromatic heterocycles. The second-order valence-corrected chi connectivity index (χ2v) is 4.36. The average molecular weight is 272 g/mol. The van der Waals surface area contributed by atoms with Crippen LogP contribution in [-0.2, 0) is 6.54 Å². The van der Waals surface area contributed by atoms with Crippen LogP contribution in [0.5, 0.6) is 17.2 Å². The van der Waals surface area contributed by atoms with Crippen LogP contribution in [0.3, 0.4) is 0 Å². The van der Waals surface area contributed by atoms with Gasteiger partial charge in [0.25, 0.3) is 0 Å². The number of benzene rings is 2. The molecule has 0 saturated heterocycles. The minimum Gasteiger partial charge on any atom is -0.496 e. The second kappa shape index (κ2) is 5.71. The molecular formula is C15H16N2O3. The van der Waals surface area contributed by atoms with E-state index in [4.69, 9.17) is 14.2 Å². The topological polar surface area (TPSA) is 51.8 Å². The number of ether oxygens (including phenoxy) is 3. The normalized spacial score (nSPS) is 12.2. The number of fused-ring (bicyclic) bond motifs is 1. The van der Waals surface area contributed by atoms with Gasteiger partial charge in [-0.1, -0.05) is 18.2 Å². The van der Waals surface area contributed by atoms with Gasteiger partial charge in [0.2, 0.25) is 6.79 Å². The number of hydrogen-bond donors (Lipinski definition) is 2. The van der Waals surface area contributed by atoms with Gasteiger partial charge in [0.05, 0.1) is 7.11 Å². The SMILES string of the molecule is COc1cc2c(cc1CNNc1ccccc1)OCO2. The summed E-state index contributed by atoms with van der Waals surface area (Å²) in [5.74, 6) is 2.25. The molecule has 2 aromatic carbocycles. The molecule has 1 aliphatic heterocycles. The van der Waals surface area contributed by atoms with Crippen molar-refractivity contribution in [2.24, 2.45) is 0 Å². The second-order valence-electron chi connectivity index (χ2n) is 4.36. The molecular weight excluding hydrogens is 256 g/mol. The van der Waals surface area contributed by atoms with E-state index < -0.39 is 0 Å². The molecule has 5 heteroatoms. The Kier molecular flexibility index (Phi) is 3.60. The lowest BCUT2D eigenvalue weighted by molar-refractivity contribution is 0.174. The minimum absolute atomic E-state index is 0.262. The summed E-state index contributed by atoms with van der Waals surface area (Å²) in [5.41, 5.74) is 8.30. The molecule has 3 rings (SSSR count). The zero-order valence-electron chi connectivity index (χ0n) is 11.2. The predicted molar refractivity (Wildman–Crippen MR) is 76.0 cm³/mol. The van der Waals surface area contributed by atoms with Crippen LogP contribution in [0.1, 0.15) is 5.56 Å². The van der Waals surface area contributed by atoms with Crippen LogP contribution in [0.25, 0.3) is 0 Å². The van der Waals surface area contributed by atoms with Crippen molar-refractivity contribution in [2.75, 3.05) is 19.3 Å². The highest BCUT2D eigenvalue weighted by Gasteiger charge is 2.17. The standard InChI is InChI=1S/C15H16N2O3/c1-18-13-8-15-14(19-10-20-15)7-11(13)9-16-17-12-5-3-2-4-6-12/h2-8,16-17H,9-10H2,1H3. The lowest BCUT2D eigenvalue weighted by Gasteiger charge is -2.12. The molecule has 0 spiro atoms. The van der Waals surface area contributed by atoms with E-state index in [-0.39, 0.29) is 6.79 Å². The molecule has 0 atom stereocenters. The first-order valence-corrected chi connectivity index (χ1v) is 6.37. The Morgan fingerprint density at radius 1 is 1.10 bits per heavy atom. The van der Waals surface area contributed by atoms with E-state index in [9.17, 15) is 0 Å². The van der Waals surface area contributed by atoms with Crippen LogP contribution in [0.4, 0.5) is 5.69 Å². The highest BCUT2D eigenvalue weighted by Crippen LogP contribution is 2.37. The minimum atomic E-state index is 0.262. The maximum atomic E-state index is 5.38. The molecule has 0 unspecified atom stereocenters. The summed E-state index contributed by atoms with van der Waals surface area (Å²) in [6.45, 7) is 0.867. The number of hydrogen-bond acceptors (Lipinski definition) is 5. The number of hydrazine groups is 1. The monoisotopic (exact) mass is 272 g/mol. The van der Waals surface area contributed by atoms with E-state index in [0.717, 1.165) is 28.5 Å². The molecule has 0 aliphatic carbocycles. The Balaban J connectivity index is 1.68. The van der Waals surface area contributed by atoms with Crippen molar-refractivity contribution in [1.82, 2.24) is 5.43 Å². The molecule has 0 amide bonds. The van der Waals surface area contributed by atoms with E-state index >= 15 is 0 Å². The summed E-state index contributed by atoms with van der Waals surface area (Å²) in [6.07, 6.45) is 0. The molecule has 2 aromatic rings. The fourth-order valence-corrected chi connectivity index (χ4v) is 2.06. The van der Waals surface area contributed by atoms with Gasteiger partial charge in [0.1, 0.15) is 5.75 Å². The van der Waals surface area contributed by atoms with Gasteiger partial charge in [-0.15, -0.1) is 0 Å². The van der Waals surface area contributed by atoms with Crippen LogP contribution in [0.15, 0.2) is 42.5 Å². The van der Waals surface area contributed by atoms with Gasteiger partial charge in [-0.25, -0.2) is 5.43 Å². The summed E-state index contributed by atoms with van der Waals surface area (Å²) in [6, 6.07) is 13.7. The zero-order valence-corrected chi connectivity index (χ0v) is 11.2. The quantitative estimate of drug-likeness (QED) is 0.819. The van der Waals surface area contributed by atoms with Crippen molar-refractivity contribution >= 4 is 5.69 Å². The van der Waals surface area contributed by atoms with Crippen LogP contribution >= 0.6 is 0 Å². The molecule has 2 N–H and O–H groups in total. The van der Waals surface area contributed by atoms with Gasteiger partial charge < -0.3 is 19.6 Å². The third kappa shape index (κ3) is 2.62. The molecule has 1 heterocycles. The maximum Gasteiger partial charge on any atom is 0.231 e. The van der Waals surface area contributed by atoms with Gasteiger partial charge in [-0.3, -0.25) is 0 Å². The van der Waals surface area contributed by atoms with Gasteiger partial charge >= 0.3 is 0 Å². The van der Waals surface area contributed by atoms with Crippen molar-refractivity contribution in [3.8, 4) is 17.2 Å². The number of nitrogens with one attached hydrogen (secondary N) is 2. The van der Waals surface area contributed by atoms with Gasteiger partial charge in [-0.2, -0.15) is 0 Å². The molecule has 0 bridgehead atoms. The van der Waals surface area contributed by atoms with Crippen LogP contribution in [0, 0.1) is 0 Å². The Bertz CT molecular complexity index is 587. The maximum absolute atomic E-state index is 5.38. The van der Waals surface area contributed by atoms with Gasteiger partial charge in [0, 0.05) is 23.9 Å². The summed E-state index contributed by atoms with van der Waals surface area (Å²) in [5, 5.41) is 0. The molecule has 1 aliphatic rings. The smallest absolute Gasteiger partial charge is 0.231 e. The Hall–Kier alpha value is -2.40. The fourth-order valence-electron chi connectivity index (χ4n) is 2.06. The Morgan fingerprint density at radius 2 is 1.85 bits per heavy atom. The first-order chi connectivity index (χ1) is 9.86. The highest BCUT2D eigenvalue weighted by atomic mass is 16.7. The predicted octanol–water partition coefficient (Wildman–Crippen LogP) is 2.54. The number of anilines is 1. The van der Waals surface area contributed by atoms with E-state index in [1.807, 2.05) is 42.5 Å². The number of methoxy groups -OCH3 is 1. The molecule has 0 radical (unpaired) electrons. The summed E-state index contributed by atoms with van der Waals surface area (Å²) < 4.78 is 16.1. The molecule has 104 valence electrons. The van der Waals surface area contributed by atoms with E-state index in [1.165, 1.54) is 0 Å². The highest BCUT2D eigenvalue weighted by molar-refractivity contribution is 5.52. The third-order valence-electron chi connectivity index (χ3n) is 3.06. The van der Waals surface area contributed by atoms with Crippen molar-refractivity contribution in [3.05, 3.63) is 48.0 Å². The molecule has 0 fully saturated rings. The van der Waals surface area contributed by atoms with Crippen molar-refractivity contribution in [2.45, 2.75) is 6.54 Å². The van der Waals surface area contributed by atoms with Crippen LogP contribution in [-0.4, -0.2) is 13.9 Å². The fraction of sp³-hybridized carbons (Fsp3) is 0.200. The lowest BCUT2D eigenvalue weighted by Crippen LogP contribution is -2.21. The summed E-state index contributed by atoms with van der Waals surface area (Å²) in [7, 11) is 1.64. The molecule has 0 saturated carbocycles. The van der Waals surface area contributed by atoms with E-state index in [2.05, 4.69) is 10.9 Å². The van der Waals surface area contributed by atoms with Crippen LogP contribution in [0.2, 0.25) is 0 Å². The Morgan fingerprint density at radius 3 is 2.60 bits per heavy atom. The third-order valence-corrected chi connectivity index (χ3v) is 3.06. The lowest BCUT2D eigenvalue weighted by atomic mass is 10.2. The van der Waals surface area contributed by atoms with Gasteiger partial charge in [0.15, 0.2) is 11.5 Å². The van der Waals surface area contributed by atoms with Gasteiger partial charge in [-0.05, 0) is 18.2 Å². The van der Waals surface area contributed by atoms with Crippen molar-refractivity contribution < 1.29 is 14.2 Å². The Labute approximate surface area is 117 Å². The summed E-state index contributed by atoms with van der Waals surface area (Å²) >= 11 is 0. The molecule has 5 nitrogen and oxygen atoms in total. The van der Waals surface area contributed by atoms with Crippen molar-refractivity contribution in [1.29, 1.82) is 0 Å².